The molecule has 92 valence electrons. The van der Waals surface area contributed by atoms with E-state index in [9.17, 15) is 4.79 Å². The van der Waals surface area contributed by atoms with Crippen molar-refractivity contribution >= 4 is 11.9 Å². The summed E-state index contributed by atoms with van der Waals surface area (Å²) in [7, 11) is 0. The van der Waals surface area contributed by atoms with Crippen LogP contribution in [0.2, 0.25) is 0 Å². The molecule has 0 unspecified atom stereocenters. The third-order valence-electron chi connectivity index (χ3n) is 2.73. The van der Waals surface area contributed by atoms with Gasteiger partial charge in [-0.05, 0) is 19.9 Å². The van der Waals surface area contributed by atoms with Gasteiger partial charge in [-0.3, -0.25) is 4.79 Å². The summed E-state index contributed by atoms with van der Waals surface area (Å²) in [6, 6.07) is 1.36. The highest BCUT2D eigenvalue weighted by molar-refractivity contribution is 5.74. The van der Waals surface area contributed by atoms with E-state index in [2.05, 4.69) is 15.3 Å². The minimum Gasteiger partial charge on any atom is -0.480 e. The van der Waals surface area contributed by atoms with E-state index in [1.54, 1.807) is 0 Å². The Labute approximate surface area is 99.7 Å². The first-order valence-corrected chi connectivity index (χ1v) is 5.59. The van der Waals surface area contributed by atoms with Crippen molar-refractivity contribution < 1.29 is 9.90 Å². The van der Waals surface area contributed by atoms with E-state index in [0.29, 0.717) is 19.0 Å². The van der Waals surface area contributed by atoms with Crippen LogP contribution < -0.4 is 10.2 Å². The predicted octanol–water partition coefficient (Wildman–Crippen LogP) is -0.0438. The minimum atomic E-state index is -0.834. The van der Waals surface area contributed by atoms with Crippen molar-refractivity contribution in [2.45, 2.75) is 19.9 Å². The lowest BCUT2D eigenvalue weighted by atomic mass is 10.2. The maximum atomic E-state index is 10.9. The fourth-order valence-corrected chi connectivity index (χ4v) is 1.95. The van der Waals surface area contributed by atoms with Gasteiger partial charge < -0.3 is 15.3 Å². The zero-order valence-electron chi connectivity index (χ0n) is 9.97. The van der Waals surface area contributed by atoms with Crippen LogP contribution >= 0.6 is 0 Å². The zero-order valence-corrected chi connectivity index (χ0v) is 9.97. The molecular weight excluding hydrogens is 220 g/mol. The lowest BCUT2D eigenvalue weighted by Crippen LogP contribution is -2.54. The van der Waals surface area contributed by atoms with Crippen molar-refractivity contribution in [2.75, 3.05) is 24.5 Å². The molecule has 1 saturated heterocycles. The number of aryl methyl sites for hydroxylation is 2. The second-order valence-corrected chi connectivity index (χ2v) is 4.24. The molecule has 1 aliphatic rings. The van der Waals surface area contributed by atoms with E-state index in [0.717, 1.165) is 17.9 Å². The molecule has 0 bridgehead atoms. The van der Waals surface area contributed by atoms with E-state index in [1.807, 2.05) is 24.8 Å². The molecule has 17 heavy (non-hydrogen) atoms. The first-order valence-electron chi connectivity index (χ1n) is 5.59. The molecule has 1 atom stereocenters. The Balaban J connectivity index is 2.18. The molecular formula is C11H16N4O2. The standard InChI is InChI=1S/C11H16N4O2/c1-7-5-8(2)14-11(13-7)15-4-3-12-9(6-15)10(16)17/h5,9,12H,3-4,6H2,1-2H3,(H,16,17)/t9-/m1/s1. The highest BCUT2D eigenvalue weighted by Gasteiger charge is 2.26. The van der Waals surface area contributed by atoms with Crippen LogP contribution in [0, 0.1) is 13.8 Å². The lowest BCUT2D eigenvalue weighted by Gasteiger charge is -2.31. The van der Waals surface area contributed by atoms with Crippen molar-refractivity contribution in [1.82, 2.24) is 15.3 Å². The molecule has 0 aliphatic carbocycles. The number of hydrogen-bond acceptors (Lipinski definition) is 5. The number of nitrogens with zero attached hydrogens (tertiary/aromatic N) is 3. The summed E-state index contributed by atoms with van der Waals surface area (Å²) >= 11 is 0. The zero-order chi connectivity index (χ0) is 12.4. The summed E-state index contributed by atoms with van der Waals surface area (Å²) in [5.41, 5.74) is 1.80. The Morgan fingerprint density at radius 1 is 1.47 bits per heavy atom. The fraction of sp³-hybridized carbons (Fsp3) is 0.545. The molecule has 1 aliphatic heterocycles. The molecule has 2 N–H and O–H groups in total. The molecule has 1 fully saturated rings. The van der Waals surface area contributed by atoms with Gasteiger partial charge in [0.05, 0.1) is 0 Å². The summed E-state index contributed by atoms with van der Waals surface area (Å²) in [5.74, 6) is -0.214. The molecule has 6 nitrogen and oxygen atoms in total. The Morgan fingerprint density at radius 3 is 2.71 bits per heavy atom. The van der Waals surface area contributed by atoms with E-state index >= 15 is 0 Å². The molecule has 0 radical (unpaired) electrons. The maximum absolute atomic E-state index is 10.9. The van der Waals surface area contributed by atoms with Crippen LogP contribution in [-0.2, 0) is 4.79 Å². The number of aliphatic carboxylic acids is 1. The van der Waals surface area contributed by atoms with Crippen LogP contribution in [0.3, 0.4) is 0 Å². The molecule has 0 spiro atoms. The second-order valence-electron chi connectivity index (χ2n) is 4.24. The molecule has 2 heterocycles. The van der Waals surface area contributed by atoms with Crippen LogP contribution in [0.1, 0.15) is 11.4 Å². The number of carboxylic acids is 1. The number of hydrogen-bond donors (Lipinski definition) is 2. The lowest BCUT2D eigenvalue weighted by molar-refractivity contribution is -0.139. The number of piperazine rings is 1. The van der Waals surface area contributed by atoms with Crippen LogP contribution in [-0.4, -0.2) is 46.7 Å². The summed E-state index contributed by atoms with van der Waals surface area (Å²) in [6.07, 6.45) is 0. The summed E-state index contributed by atoms with van der Waals surface area (Å²) in [4.78, 5) is 21.5. The van der Waals surface area contributed by atoms with Crippen molar-refractivity contribution in [2.24, 2.45) is 0 Å². The molecule has 1 aromatic heterocycles. The predicted molar refractivity (Wildman–Crippen MR) is 63.1 cm³/mol. The van der Waals surface area contributed by atoms with Gasteiger partial charge in [0.2, 0.25) is 5.95 Å². The van der Waals surface area contributed by atoms with Crippen molar-refractivity contribution in [3.8, 4) is 0 Å². The molecule has 0 aromatic carbocycles. The smallest absolute Gasteiger partial charge is 0.322 e. The molecule has 1 aromatic rings. The summed E-state index contributed by atoms with van der Waals surface area (Å²) in [6.45, 7) is 5.59. The average Bonchev–Trinajstić information content (AvgIpc) is 2.28. The number of rotatable bonds is 2. The average molecular weight is 236 g/mol. The van der Waals surface area contributed by atoms with Gasteiger partial charge in [0.25, 0.3) is 0 Å². The van der Waals surface area contributed by atoms with Crippen molar-refractivity contribution in [3.05, 3.63) is 17.5 Å². The quantitative estimate of drug-likeness (QED) is 0.750. The van der Waals surface area contributed by atoms with Gasteiger partial charge in [-0.1, -0.05) is 0 Å². The van der Waals surface area contributed by atoms with Gasteiger partial charge in [0, 0.05) is 31.0 Å². The normalized spacial score (nSPS) is 20.4. The molecule has 0 amide bonds. The van der Waals surface area contributed by atoms with Crippen LogP contribution in [0.15, 0.2) is 6.07 Å². The van der Waals surface area contributed by atoms with E-state index in [1.165, 1.54) is 0 Å². The van der Waals surface area contributed by atoms with Gasteiger partial charge in [-0.15, -0.1) is 0 Å². The number of carbonyl (C=O) groups is 1. The van der Waals surface area contributed by atoms with Gasteiger partial charge in [0.1, 0.15) is 6.04 Å². The van der Waals surface area contributed by atoms with Crippen molar-refractivity contribution in [1.29, 1.82) is 0 Å². The monoisotopic (exact) mass is 236 g/mol. The van der Waals surface area contributed by atoms with Crippen molar-refractivity contribution in [3.63, 3.8) is 0 Å². The Morgan fingerprint density at radius 2 is 2.12 bits per heavy atom. The summed E-state index contributed by atoms with van der Waals surface area (Å²) < 4.78 is 0. The largest absolute Gasteiger partial charge is 0.480 e. The van der Waals surface area contributed by atoms with E-state index < -0.39 is 12.0 Å². The Kier molecular flexibility index (Phi) is 3.23. The molecule has 6 heteroatoms. The number of anilines is 1. The topological polar surface area (TPSA) is 78.4 Å². The van der Waals surface area contributed by atoms with Gasteiger partial charge in [-0.25, -0.2) is 9.97 Å². The van der Waals surface area contributed by atoms with Crippen LogP contribution in [0.25, 0.3) is 0 Å². The summed E-state index contributed by atoms with van der Waals surface area (Å²) in [5, 5.41) is 11.9. The number of nitrogens with one attached hydrogen (secondary N) is 1. The fourth-order valence-electron chi connectivity index (χ4n) is 1.95. The SMILES string of the molecule is Cc1cc(C)nc(N2CCN[C@@H](C(=O)O)C2)n1. The van der Waals surface area contributed by atoms with Gasteiger partial charge >= 0.3 is 5.97 Å². The highest BCUT2D eigenvalue weighted by atomic mass is 16.4. The van der Waals surface area contributed by atoms with Crippen LogP contribution in [0.4, 0.5) is 5.95 Å². The van der Waals surface area contributed by atoms with Gasteiger partial charge in [0.15, 0.2) is 0 Å². The first-order chi connectivity index (χ1) is 8.06. The highest BCUT2D eigenvalue weighted by Crippen LogP contribution is 2.12. The Bertz CT molecular complexity index is 415. The second kappa shape index (κ2) is 4.67. The van der Waals surface area contributed by atoms with Gasteiger partial charge in [-0.2, -0.15) is 0 Å². The third kappa shape index (κ3) is 2.71. The number of aromatic nitrogens is 2. The maximum Gasteiger partial charge on any atom is 0.322 e. The molecule has 2 rings (SSSR count). The number of carboxylic acid groups (broad SMARTS) is 1. The molecule has 0 saturated carbocycles. The Hall–Kier alpha value is -1.69. The first kappa shape index (κ1) is 11.8. The minimum absolute atomic E-state index is 0.401. The third-order valence-corrected chi connectivity index (χ3v) is 2.73. The van der Waals surface area contributed by atoms with E-state index in [-0.39, 0.29) is 0 Å². The van der Waals surface area contributed by atoms with E-state index in [4.69, 9.17) is 5.11 Å². The van der Waals surface area contributed by atoms with Crippen LogP contribution in [0.5, 0.6) is 0 Å².